The number of aromatic amines is 1. The molecule has 100 valence electrons. The molecule has 0 aliphatic heterocycles. The van der Waals surface area contributed by atoms with Gasteiger partial charge in [0.2, 0.25) is 0 Å². The number of halogens is 1. The van der Waals surface area contributed by atoms with E-state index in [1.54, 1.807) is 6.21 Å². The van der Waals surface area contributed by atoms with E-state index in [0.717, 1.165) is 22.0 Å². The smallest absolute Gasteiger partial charge is 0.198 e. The van der Waals surface area contributed by atoms with Gasteiger partial charge in [-0.05, 0) is 23.8 Å². The average molecular weight is 285 g/mol. The molecule has 4 heteroatoms. The third kappa shape index (κ3) is 2.53. The van der Waals surface area contributed by atoms with Crippen LogP contribution in [0, 0.1) is 0 Å². The summed E-state index contributed by atoms with van der Waals surface area (Å²) < 4.78 is 0. The van der Waals surface area contributed by atoms with Crippen LogP contribution < -0.4 is 0 Å². The number of para-hydroxylation sites is 1. The van der Waals surface area contributed by atoms with E-state index in [2.05, 4.69) is 9.98 Å². The summed E-state index contributed by atoms with van der Waals surface area (Å²) in [6.07, 6.45) is 1.70. The van der Waals surface area contributed by atoms with Gasteiger partial charge in [0.1, 0.15) is 0 Å². The zero-order valence-corrected chi connectivity index (χ0v) is 11.4. The molecular formula is C16H13ClN2O. The summed E-state index contributed by atoms with van der Waals surface area (Å²) >= 11 is 5.84. The molecule has 0 amide bonds. The summed E-state index contributed by atoms with van der Waals surface area (Å²) in [7, 11) is 0. The summed E-state index contributed by atoms with van der Waals surface area (Å²) in [6, 6.07) is 15.3. The first-order valence-electron chi connectivity index (χ1n) is 6.28. The summed E-state index contributed by atoms with van der Waals surface area (Å²) in [6.45, 7) is 0.552. The molecule has 3 aromatic rings. The molecule has 0 aliphatic rings. The number of hydrogen-bond donors (Lipinski definition) is 2. The highest BCUT2D eigenvalue weighted by Gasteiger charge is 2.07. The lowest BCUT2D eigenvalue weighted by atomic mass is 10.2. The first-order chi connectivity index (χ1) is 9.74. The normalized spacial score (nSPS) is 11.4. The van der Waals surface area contributed by atoms with Gasteiger partial charge in [-0.25, -0.2) is 0 Å². The standard InChI is InChI=1S/C16H13ClN2O/c17-12-7-5-11(6-8-12)9-18-10-14-13-3-1-2-4-15(13)19-16(14)20/h1-8,10,19-20H,9H2. The number of aliphatic imine (C=N–C) groups is 1. The Morgan fingerprint density at radius 3 is 2.65 bits per heavy atom. The molecule has 0 radical (unpaired) electrons. The van der Waals surface area contributed by atoms with Gasteiger partial charge in [-0.1, -0.05) is 41.9 Å². The molecular weight excluding hydrogens is 272 g/mol. The van der Waals surface area contributed by atoms with Crippen molar-refractivity contribution >= 4 is 28.7 Å². The number of nitrogens with one attached hydrogen (secondary N) is 1. The van der Waals surface area contributed by atoms with Gasteiger partial charge in [0.15, 0.2) is 5.88 Å². The Bertz CT molecular complexity index is 760. The maximum atomic E-state index is 9.90. The van der Waals surface area contributed by atoms with E-state index in [0.29, 0.717) is 11.6 Å². The molecule has 3 rings (SSSR count). The highest BCUT2D eigenvalue weighted by atomic mass is 35.5. The predicted octanol–water partition coefficient (Wildman–Crippen LogP) is 4.15. The molecule has 0 spiro atoms. The van der Waals surface area contributed by atoms with E-state index in [4.69, 9.17) is 11.6 Å². The van der Waals surface area contributed by atoms with E-state index in [1.165, 1.54) is 0 Å². The number of rotatable bonds is 3. The Morgan fingerprint density at radius 2 is 1.85 bits per heavy atom. The summed E-state index contributed by atoms with van der Waals surface area (Å²) in [5.74, 6) is 0.144. The lowest BCUT2D eigenvalue weighted by Gasteiger charge is -1.96. The number of benzene rings is 2. The minimum atomic E-state index is 0.144. The Labute approximate surface area is 121 Å². The van der Waals surface area contributed by atoms with E-state index in [-0.39, 0.29) is 5.88 Å². The highest BCUT2D eigenvalue weighted by molar-refractivity contribution is 6.30. The van der Waals surface area contributed by atoms with Crippen LogP contribution in [0.3, 0.4) is 0 Å². The Kier molecular flexibility index (Phi) is 3.44. The van der Waals surface area contributed by atoms with Gasteiger partial charge in [0.25, 0.3) is 0 Å². The van der Waals surface area contributed by atoms with Crippen LogP contribution in [0.15, 0.2) is 53.5 Å². The largest absolute Gasteiger partial charge is 0.494 e. The van der Waals surface area contributed by atoms with Crippen LogP contribution in [0.25, 0.3) is 10.9 Å². The molecule has 0 aliphatic carbocycles. The van der Waals surface area contributed by atoms with Gasteiger partial charge in [-0.2, -0.15) is 0 Å². The van der Waals surface area contributed by atoms with Gasteiger partial charge < -0.3 is 10.1 Å². The molecule has 0 bridgehead atoms. The number of nitrogens with zero attached hydrogens (tertiary/aromatic N) is 1. The summed E-state index contributed by atoms with van der Waals surface area (Å²) in [5, 5.41) is 11.6. The minimum absolute atomic E-state index is 0.144. The van der Waals surface area contributed by atoms with E-state index >= 15 is 0 Å². The third-order valence-corrected chi connectivity index (χ3v) is 3.38. The van der Waals surface area contributed by atoms with Crippen LogP contribution in [0.1, 0.15) is 11.1 Å². The fraction of sp³-hybridized carbons (Fsp3) is 0.0625. The van der Waals surface area contributed by atoms with Gasteiger partial charge in [0.05, 0.1) is 12.1 Å². The van der Waals surface area contributed by atoms with Crippen molar-refractivity contribution in [1.29, 1.82) is 0 Å². The molecule has 20 heavy (non-hydrogen) atoms. The SMILES string of the molecule is Oc1[nH]c2ccccc2c1C=NCc1ccc(Cl)cc1. The minimum Gasteiger partial charge on any atom is -0.494 e. The van der Waals surface area contributed by atoms with Gasteiger partial charge in [-0.3, -0.25) is 4.99 Å². The molecule has 3 nitrogen and oxygen atoms in total. The zero-order valence-electron chi connectivity index (χ0n) is 10.7. The second-order valence-corrected chi connectivity index (χ2v) is 4.97. The molecule has 0 unspecified atom stereocenters. The van der Waals surface area contributed by atoms with Crippen molar-refractivity contribution in [1.82, 2.24) is 4.98 Å². The van der Waals surface area contributed by atoms with Crippen molar-refractivity contribution in [3.8, 4) is 5.88 Å². The molecule has 2 N–H and O–H groups in total. The average Bonchev–Trinajstić information content (AvgIpc) is 2.77. The number of H-pyrrole nitrogens is 1. The molecule has 1 aromatic heterocycles. The van der Waals surface area contributed by atoms with Crippen LogP contribution in [-0.2, 0) is 6.54 Å². The lowest BCUT2D eigenvalue weighted by molar-refractivity contribution is 0.457. The fourth-order valence-electron chi connectivity index (χ4n) is 2.11. The maximum Gasteiger partial charge on any atom is 0.198 e. The Balaban J connectivity index is 1.84. The first kappa shape index (κ1) is 12.8. The summed E-state index contributed by atoms with van der Waals surface area (Å²) in [5.41, 5.74) is 2.69. The molecule has 0 saturated heterocycles. The summed E-state index contributed by atoms with van der Waals surface area (Å²) in [4.78, 5) is 7.31. The van der Waals surface area contributed by atoms with E-state index in [1.807, 2.05) is 48.5 Å². The van der Waals surface area contributed by atoms with Crippen LogP contribution in [-0.4, -0.2) is 16.3 Å². The number of hydrogen-bond acceptors (Lipinski definition) is 2. The van der Waals surface area contributed by atoms with Crippen LogP contribution in [0.4, 0.5) is 0 Å². The fourth-order valence-corrected chi connectivity index (χ4v) is 2.24. The quantitative estimate of drug-likeness (QED) is 0.698. The number of aromatic nitrogens is 1. The van der Waals surface area contributed by atoms with Crippen molar-refractivity contribution in [2.75, 3.05) is 0 Å². The topological polar surface area (TPSA) is 48.4 Å². The first-order valence-corrected chi connectivity index (χ1v) is 6.66. The highest BCUT2D eigenvalue weighted by Crippen LogP contribution is 2.25. The molecule has 0 atom stereocenters. The molecule has 0 saturated carbocycles. The van der Waals surface area contributed by atoms with Gasteiger partial charge in [0, 0.05) is 22.1 Å². The van der Waals surface area contributed by atoms with Crippen molar-refractivity contribution in [2.24, 2.45) is 4.99 Å². The zero-order chi connectivity index (χ0) is 13.9. The van der Waals surface area contributed by atoms with Crippen LogP contribution in [0.2, 0.25) is 5.02 Å². The second kappa shape index (κ2) is 5.39. The van der Waals surface area contributed by atoms with Gasteiger partial charge >= 0.3 is 0 Å². The van der Waals surface area contributed by atoms with E-state index < -0.39 is 0 Å². The van der Waals surface area contributed by atoms with Crippen molar-refractivity contribution in [3.63, 3.8) is 0 Å². The van der Waals surface area contributed by atoms with Gasteiger partial charge in [-0.15, -0.1) is 0 Å². The molecule has 1 heterocycles. The van der Waals surface area contributed by atoms with Crippen molar-refractivity contribution < 1.29 is 5.11 Å². The number of aromatic hydroxyl groups is 1. The Morgan fingerprint density at radius 1 is 1.10 bits per heavy atom. The van der Waals surface area contributed by atoms with Crippen molar-refractivity contribution in [2.45, 2.75) is 6.54 Å². The third-order valence-electron chi connectivity index (χ3n) is 3.13. The molecule has 0 fully saturated rings. The van der Waals surface area contributed by atoms with Crippen molar-refractivity contribution in [3.05, 3.63) is 64.7 Å². The predicted molar refractivity (Wildman–Crippen MR) is 82.7 cm³/mol. The van der Waals surface area contributed by atoms with Crippen LogP contribution >= 0.6 is 11.6 Å². The lowest BCUT2D eigenvalue weighted by Crippen LogP contribution is -1.84. The number of fused-ring (bicyclic) bond motifs is 1. The maximum absolute atomic E-state index is 9.90. The monoisotopic (exact) mass is 284 g/mol. The van der Waals surface area contributed by atoms with E-state index in [9.17, 15) is 5.11 Å². The van der Waals surface area contributed by atoms with Crippen LogP contribution in [0.5, 0.6) is 5.88 Å². The molecule has 2 aromatic carbocycles. The second-order valence-electron chi connectivity index (χ2n) is 4.53. The Hall–Kier alpha value is -2.26.